The van der Waals surface area contributed by atoms with Gasteiger partial charge >= 0.3 is 0 Å². The van der Waals surface area contributed by atoms with Crippen molar-refractivity contribution in [2.24, 2.45) is 0 Å². The van der Waals surface area contributed by atoms with E-state index in [9.17, 15) is 9.18 Å². The zero-order chi connectivity index (χ0) is 28.1. The highest BCUT2D eigenvalue weighted by Gasteiger charge is 2.27. The SMILES string of the molecule is Cc1ccc2nc(C(C)n3nc(-c4cnc(OC(C)C)s4)c4c(N)ncnc43)c(-c3cccc(F)c3)c(=O)n2c1. The molecule has 0 radical (unpaired) electrons. The molecule has 6 aromatic rings. The number of nitrogen functional groups attached to an aromatic ring is 1. The molecule has 5 heterocycles. The van der Waals surface area contributed by atoms with Crippen molar-refractivity contribution in [2.75, 3.05) is 5.73 Å². The number of rotatable bonds is 6. The van der Waals surface area contributed by atoms with Gasteiger partial charge in [-0.3, -0.25) is 9.20 Å². The third-order valence-corrected chi connectivity index (χ3v) is 7.34. The van der Waals surface area contributed by atoms with Gasteiger partial charge in [-0.15, -0.1) is 0 Å². The molecule has 0 amide bonds. The van der Waals surface area contributed by atoms with E-state index in [0.29, 0.717) is 38.8 Å². The van der Waals surface area contributed by atoms with E-state index >= 15 is 0 Å². The van der Waals surface area contributed by atoms with Crippen molar-refractivity contribution in [3.05, 3.63) is 82.5 Å². The molecule has 1 aromatic carbocycles. The fourth-order valence-electron chi connectivity index (χ4n) is 4.66. The van der Waals surface area contributed by atoms with Crippen LogP contribution in [0.2, 0.25) is 0 Å². The lowest BCUT2D eigenvalue weighted by Gasteiger charge is -2.18. The number of pyridine rings is 1. The Bertz CT molecular complexity index is 1960. The number of hydrogen-bond donors (Lipinski definition) is 1. The van der Waals surface area contributed by atoms with Gasteiger partial charge in [0.2, 0.25) is 0 Å². The number of hydrogen-bond acceptors (Lipinski definition) is 9. The third-order valence-electron chi connectivity index (χ3n) is 6.45. The molecule has 5 aromatic heterocycles. The van der Waals surface area contributed by atoms with Crippen molar-refractivity contribution in [3.8, 4) is 26.9 Å². The first kappa shape index (κ1) is 25.6. The van der Waals surface area contributed by atoms with E-state index in [2.05, 4.69) is 15.0 Å². The van der Waals surface area contributed by atoms with Crippen molar-refractivity contribution in [1.82, 2.24) is 34.1 Å². The number of halogens is 1. The van der Waals surface area contributed by atoms with Gasteiger partial charge < -0.3 is 10.5 Å². The van der Waals surface area contributed by atoms with E-state index in [-0.39, 0.29) is 23.0 Å². The van der Waals surface area contributed by atoms with Gasteiger partial charge in [0.25, 0.3) is 10.8 Å². The number of aryl methyl sites for hydroxylation is 1. The monoisotopic (exact) mass is 556 g/mol. The minimum atomic E-state index is -0.595. The van der Waals surface area contributed by atoms with E-state index < -0.39 is 11.9 Å². The normalized spacial score (nSPS) is 12.4. The van der Waals surface area contributed by atoms with E-state index in [1.54, 1.807) is 35.3 Å². The lowest BCUT2D eigenvalue weighted by molar-refractivity contribution is 0.241. The fraction of sp³-hybridized carbons (Fsp3) is 0.214. The van der Waals surface area contributed by atoms with Crippen LogP contribution in [-0.4, -0.2) is 40.2 Å². The average molecular weight is 557 g/mol. The van der Waals surface area contributed by atoms with Crippen LogP contribution in [0.15, 0.2) is 59.9 Å². The summed E-state index contributed by atoms with van der Waals surface area (Å²) in [4.78, 5) is 32.5. The number of anilines is 1. The minimum absolute atomic E-state index is 0.0371. The Balaban J connectivity index is 1.60. The summed E-state index contributed by atoms with van der Waals surface area (Å²) in [6, 6.07) is 9.00. The Morgan fingerprint density at radius 3 is 2.70 bits per heavy atom. The molecule has 1 atom stereocenters. The van der Waals surface area contributed by atoms with Crippen molar-refractivity contribution in [3.63, 3.8) is 0 Å². The zero-order valence-corrected chi connectivity index (χ0v) is 23.0. The number of thiazole rings is 1. The standard InChI is InChI=1S/C28H25FN8O2S/c1-14(2)39-28-31-11-19(40-28)24-22-25(30)32-13-33-26(22)37(35-24)16(4)23-21(17-6-5-7-18(29)10-17)27(38)36-12-15(3)8-9-20(36)34-23/h5-14,16H,1-4H3,(H2,30,32,33). The Morgan fingerprint density at radius 2 is 1.93 bits per heavy atom. The largest absolute Gasteiger partial charge is 0.467 e. The Morgan fingerprint density at radius 1 is 1.10 bits per heavy atom. The third kappa shape index (κ3) is 4.35. The summed E-state index contributed by atoms with van der Waals surface area (Å²) in [6.45, 7) is 7.61. The summed E-state index contributed by atoms with van der Waals surface area (Å²) < 4.78 is 23.2. The molecule has 0 aliphatic carbocycles. The highest BCUT2D eigenvalue weighted by Crippen LogP contribution is 2.38. The van der Waals surface area contributed by atoms with Crippen molar-refractivity contribution < 1.29 is 9.13 Å². The molecule has 0 aliphatic heterocycles. The van der Waals surface area contributed by atoms with Crippen LogP contribution in [-0.2, 0) is 0 Å². The molecule has 6 rings (SSSR count). The average Bonchev–Trinajstić information content (AvgIpc) is 3.53. The molecule has 2 N–H and O–H groups in total. The van der Waals surface area contributed by atoms with Crippen LogP contribution in [0, 0.1) is 12.7 Å². The van der Waals surface area contributed by atoms with Crippen LogP contribution >= 0.6 is 11.3 Å². The molecule has 0 bridgehead atoms. The highest BCUT2D eigenvalue weighted by molar-refractivity contribution is 7.16. The summed E-state index contributed by atoms with van der Waals surface area (Å²) in [6.07, 6.45) is 4.72. The first-order chi connectivity index (χ1) is 19.2. The van der Waals surface area contributed by atoms with Gasteiger partial charge in [0.15, 0.2) is 5.65 Å². The number of aromatic nitrogens is 7. The molecule has 202 valence electrons. The predicted octanol–water partition coefficient (Wildman–Crippen LogP) is 5.05. The fourth-order valence-corrected chi connectivity index (χ4v) is 5.54. The van der Waals surface area contributed by atoms with Gasteiger partial charge in [0, 0.05) is 6.20 Å². The molecule has 10 nitrogen and oxygen atoms in total. The maximum atomic E-state index is 14.4. The van der Waals surface area contributed by atoms with E-state index in [1.165, 1.54) is 34.2 Å². The van der Waals surface area contributed by atoms with Crippen molar-refractivity contribution in [2.45, 2.75) is 39.8 Å². The van der Waals surface area contributed by atoms with Gasteiger partial charge in [0.1, 0.15) is 29.3 Å². The predicted molar refractivity (Wildman–Crippen MR) is 152 cm³/mol. The molecule has 1 unspecified atom stereocenters. The van der Waals surface area contributed by atoms with E-state index in [1.807, 2.05) is 33.8 Å². The minimum Gasteiger partial charge on any atom is -0.467 e. The van der Waals surface area contributed by atoms with Gasteiger partial charge in [-0.25, -0.2) is 29.0 Å². The molecule has 0 spiro atoms. The first-order valence-corrected chi connectivity index (χ1v) is 13.4. The first-order valence-electron chi connectivity index (χ1n) is 12.6. The molecule has 40 heavy (non-hydrogen) atoms. The second kappa shape index (κ2) is 9.79. The van der Waals surface area contributed by atoms with E-state index in [0.717, 1.165) is 10.4 Å². The second-order valence-electron chi connectivity index (χ2n) is 9.71. The van der Waals surface area contributed by atoms with Gasteiger partial charge in [-0.05, 0) is 57.0 Å². The van der Waals surface area contributed by atoms with Gasteiger partial charge in [-0.2, -0.15) is 5.10 Å². The van der Waals surface area contributed by atoms with Gasteiger partial charge in [-0.1, -0.05) is 29.5 Å². The van der Waals surface area contributed by atoms with Crippen LogP contribution in [0.1, 0.15) is 38.1 Å². The maximum absolute atomic E-state index is 14.4. The number of nitrogens with zero attached hydrogens (tertiary/aromatic N) is 7. The molecule has 0 saturated carbocycles. The van der Waals surface area contributed by atoms with Crippen LogP contribution < -0.4 is 16.0 Å². The molecular formula is C28H25FN8O2S. The topological polar surface area (TPSA) is 126 Å². The smallest absolute Gasteiger partial charge is 0.274 e. The lowest BCUT2D eigenvalue weighted by atomic mass is 10.0. The maximum Gasteiger partial charge on any atom is 0.274 e. The molecule has 0 saturated heterocycles. The Labute approximate surface area is 232 Å². The van der Waals surface area contributed by atoms with Crippen molar-refractivity contribution in [1.29, 1.82) is 0 Å². The highest BCUT2D eigenvalue weighted by atomic mass is 32.1. The quantitative estimate of drug-likeness (QED) is 0.302. The second-order valence-corrected chi connectivity index (χ2v) is 10.7. The number of benzene rings is 1. The van der Waals surface area contributed by atoms with Crippen LogP contribution in [0.5, 0.6) is 5.19 Å². The molecule has 0 fully saturated rings. The number of fused-ring (bicyclic) bond motifs is 2. The summed E-state index contributed by atoms with van der Waals surface area (Å²) in [5.41, 5.74) is 9.46. The zero-order valence-electron chi connectivity index (χ0n) is 22.2. The Hall–Kier alpha value is -4.71. The number of ether oxygens (including phenoxy) is 1. The Kier molecular flexibility index (Phi) is 6.26. The summed E-state index contributed by atoms with van der Waals surface area (Å²) in [7, 11) is 0. The molecule has 12 heteroatoms. The van der Waals surface area contributed by atoms with Crippen LogP contribution in [0.3, 0.4) is 0 Å². The molecular weight excluding hydrogens is 531 g/mol. The van der Waals surface area contributed by atoms with Gasteiger partial charge in [0.05, 0.1) is 39.9 Å². The van der Waals surface area contributed by atoms with Crippen molar-refractivity contribution >= 4 is 33.8 Å². The number of nitrogens with two attached hydrogens (primary N) is 1. The van der Waals surface area contributed by atoms with Crippen LogP contribution in [0.4, 0.5) is 10.2 Å². The summed E-state index contributed by atoms with van der Waals surface area (Å²) >= 11 is 1.34. The summed E-state index contributed by atoms with van der Waals surface area (Å²) in [5.74, 6) is -0.202. The molecule has 0 aliphatic rings. The summed E-state index contributed by atoms with van der Waals surface area (Å²) in [5, 5.41) is 5.95. The lowest BCUT2D eigenvalue weighted by Crippen LogP contribution is -2.23. The van der Waals surface area contributed by atoms with Crippen LogP contribution in [0.25, 0.3) is 38.4 Å². The van der Waals surface area contributed by atoms with E-state index in [4.69, 9.17) is 20.6 Å².